The minimum absolute atomic E-state index is 0.279. The number of nitrogens with zero attached hydrogens (tertiary/aromatic N) is 2. The number of benzene rings is 2. The molecule has 2 aromatic heterocycles. The van der Waals surface area contributed by atoms with Crippen LogP contribution in [0, 0.1) is 6.92 Å². The minimum atomic E-state index is -0.292. The number of fused-ring (bicyclic) bond motifs is 1. The van der Waals surface area contributed by atoms with Crippen molar-refractivity contribution in [2.24, 2.45) is 0 Å². The first kappa shape index (κ1) is 15.8. The van der Waals surface area contributed by atoms with E-state index in [0.717, 1.165) is 16.6 Å². The third-order valence-corrected chi connectivity index (χ3v) is 3.83. The van der Waals surface area contributed by atoms with E-state index >= 15 is 0 Å². The molecule has 0 radical (unpaired) electrons. The number of aryl methyl sites for hydroxylation is 1. The van der Waals surface area contributed by atoms with Crippen LogP contribution in [0.4, 0.5) is 5.69 Å². The molecule has 0 aliphatic heterocycles. The molecule has 0 atom stereocenters. The van der Waals surface area contributed by atoms with Crippen molar-refractivity contribution in [2.75, 3.05) is 5.32 Å². The smallest absolute Gasteiger partial charge is 0.291 e. The number of anilines is 1. The quantitative estimate of drug-likeness (QED) is 0.578. The summed E-state index contributed by atoms with van der Waals surface area (Å²) in [4.78, 5) is 23.8. The molecule has 128 valence electrons. The van der Waals surface area contributed by atoms with Gasteiger partial charge >= 0.3 is 0 Å². The fourth-order valence-electron chi connectivity index (χ4n) is 2.57. The minimum Gasteiger partial charge on any atom is -0.456 e. The van der Waals surface area contributed by atoms with Gasteiger partial charge in [0.05, 0.1) is 17.2 Å². The lowest BCUT2D eigenvalue weighted by Gasteiger charge is -2.07. The van der Waals surface area contributed by atoms with Crippen molar-refractivity contribution in [1.29, 1.82) is 0 Å². The molecule has 2 aromatic carbocycles. The first-order valence-corrected chi connectivity index (χ1v) is 8.13. The van der Waals surface area contributed by atoms with E-state index in [2.05, 4.69) is 20.3 Å². The Morgan fingerprint density at radius 1 is 1.08 bits per heavy atom. The van der Waals surface area contributed by atoms with E-state index in [-0.39, 0.29) is 11.7 Å². The Balaban J connectivity index is 1.46. The van der Waals surface area contributed by atoms with Crippen LogP contribution in [-0.2, 0) is 0 Å². The molecule has 0 spiro atoms. The molecule has 1 amide bonds. The maximum atomic E-state index is 12.4. The number of pyridine rings is 1. The summed E-state index contributed by atoms with van der Waals surface area (Å²) >= 11 is 0. The van der Waals surface area contributed by atoms with Gasteiger partial charge < -0.3 is 15.0 Å². The topological polar surface area (TPSA) is 79.9 Å². The second-order valence-corrected chi connectivity index (χ2v) is 5.88. The van der Waals surface area contributed by atoms with Gasteiger partial charge in [-0.15, -0.1) is 0 Å². The average molecular weight is 344 g/mol. The number of hydrogen-bond acceptors (Lipinski definition) is 4. The molecule has 0 saturated heterocycles. The van der Waals surface area contributed by atoms with Crippen molar-refractivity contribution in [2.45, 2.75) is 6.92 Å². The summed E-state index contributed by atoms with van der Waals surface area (Å²) in [7, 11) is 0. The fourth-order valence-corrected chi connectivity index (χ4v) is 2.57. The van der Waals surface area contributed by atoms with Gasteiger partial charge in [0.1, 0.15) is 11.5 Å². The standard InChI is InChI=1S/C20H16N4O2/c1-13-4-9-17-18(11-13)24-19(23-17)20(25)22-14-5-7-15(8-6-14)26-16-3-2-10-21-12-16/h2-12H,1H3,(H,22,25)(H,23,24). The summed E-state index contributed by atoms with van der Waals surface area (Å²) in [6.07, 6.45) is 3.32. The lowest BCUT2D eigenvalue weighted by Crippen LogP contribution is -2.13. The highest BCUT2D eigenvalue weighted by molar-refractivity contribution is 6.03. The highest BCUT2D eigenvalue weighted by Gasteiger charge is 2.12. The molecule has 2 N–H and O–H groups in total. The lowest BCUT2D eigenvalue weighted by atomic mass is 10.2. The number of carbonyl (C=O) groups excluding carboxylic acids is 1. The molecular weight excluding hydrogens is 328 g/mol. The zero-order valence-corrected chi connectivity index (χ0v) is 14.1. The van der Waals surface area contributed by atoms with E-state index < -0.39 is 0 Å². The largest absolute Gasteiger partial charge is 0.456 e. The molecule has 6 nitrogen and oxygen atoms in total. The molecule has 4 aromatic rings. The van der Waals surface area contributed by atoms with Gasteiger partial charge in [-0.25, -0.2) is 4.98 Å². The number of aromatic amines is 1. The lowest BCUT2D eigenvalue weighted by molar-refractivity contribution is 0.101. The number of carbonyl (C=O) groups is 1. The third-order valence-electron chi connectivity index (χ3n) is 3.83. The first-order chi connectivity index (χ1) is 12.7. The Hall–Kier alpha value is -3.67. The van der Waals surface area contributed by atoms with E-state index in [1.807, 2.05) is 31.2 Å². The second kappa shape index (κ2) is 6.68. The highest BCUT2D eigenvalue weighted by atomic mass is 16.5. The van der Waals surface area contributed by atoms with Crippen LogP contribution in [0.25, 0.3) is 11.0 Å². The molecular formula is C20H16N4O2. The Morgan fingerprint density at radius 3 is 2.69 bits per heavy atom. The van der Waals surface area contributed by atoms with E-state index in [0.29, 0.717) is 17.2 Å². The molecule has 6 heteroatoms. The second-order valence-electron chi connectivity index (χ2n) is 5.88. The van der Waals surface area contributed by atoms with Gasteiger partial charge in [-0.05, 0) is 61.0 Å². The van der Waals surface area contributed by atoms with Crippen LogP contribution in [0.2, 0.25) is 0 Å². The van der Waals surface area contributed by atoms with Crippen LogP contribution >= 0.6 is 0 Å². The summed E-state index contributed by atoms with van der Waals surface area (Å²) in [5, 5.41) is 2.82. The van der Waals surface area contributed by atoms with Gasteiger partial charge in [-0.3, -0.25) is 9.78 Å². The average Bonchev–Trinajstić information content (AvgIpc) is 3.07. The van der Waals surface area contributed by atoms with E-state index in [1.54, 1.807) is 42.7 Å². The molecule has 0 fully saturated rings. The summed E-state index contributed by atoms with van der Waals surface area (Å²) in [6.45, 7) is 2.00. The van der Waals surface area contributed by atoms with Crippen molar-refractivity contribution in [3.05, 3.63) is 78.4 Å². The molecule has 2 heterocycles. The number of ether oxygens (including phenoxy) is 1. The predicted molar refractivity (Wildman–Crippen MR) is 99.5 cm³/mol. The number of aromatic nitrogens is 3. The Bertz CT molecular complexity index is 1060. The number of rotatable bonds is 4. The van der Waals surface area contributed by atoms with Crippen molar-refractivity contribution < 1.29 is 9.53 Å². The fraction of sp³-hybridized carbons (Fsp3) is 0.0500. The van der Waals surface area contributed by atoms with Gasteiger partial charge in [0.15, 0.2) is 5.82 Å². The summed E-state index contributed by atoms with van der Waals surface area (Å²) in [6, 6.07) is 16.6. The Kier molecular flexibility index (Phi) is 4.07. The molecule has 0 saturated carbocycles. The molecule has 0 aliphatic rings. The summed E-state index contributed by atoms with van der Waals surface area (Å²) < 4.78 is 5.68. The van der Waals surface area contributed by atoms with Gasteiger partial charge in [0, 0.05) is 11.9 Å². The van der Waals surface area contributed by atoms with Gasteiger partial charge in [0.25, 0.3) is 5.91 Å². The van der Waals surface area contributed by atoms with E-state index in [9.17, 15) is 4.79 Å². The van der Waals surface area contributed by atoms with Crippen LogP contribution in [-0.4, -0.2) is 20.9 Å². The number of imidazole rings is 1. The number of nitrogens with one attached hydrogen (secondary N) is 2. The van der Waals surface area contributed by atoms with E-state index in [4.69, 9.17) is 4.74 Å². The number of hydrogen-bond donors (Lipinski definition) is 2. The normalized spacial score (nSPS) is 10.7. The number of H-pyrrole nitrogens is 1. The van der Waals surface area contributed by atoms with Crippen LogP contribution in [0.3, 0.4) is 0 Å². The van der Waals surface area contributed by atoms with Crippen molar-refractivity contribution in [3.8, 4) is 11.5 Å². The maximum absolute atomic E-state index is 12.4. The van der Waals surface area contributed by atoms with Crippen LogP contribution in [0.15, 0.2) is 67.0 Å². The predicted octanol–water partition coefficient (Wildman–Crippen LogP) is 4.31. The zero-order valence-electron chi connectivity index (χ0n) is 14.1. The van der Waals surface area contributed by atoms with E-state index in [1.165, 1.54) is 0 Å². The highest BCUT2D eigenvalue weighted by Crippen LogP contribution is 2.22. The van der Waals surface area contributed by atoms with Crippen molar-refractivity contribution in [1.82, 2.24) is 15.0 Å². The van der Waals surface area contributed by atoms with Crippen LogP contribution < -0.4 is 10.1 Å². The molecule has 0 unspecified atom stereocenters. The van der Waals surface area contributed by atoms with Crippen molar-refractivity contribution in [3.63, 3.8) is 0 Å². The molecule has 4 rings (SSSR count). The maximum Gasteiger partial charge on any atom is 0.291 e. The number of amides is 1. The van der Waals surface area contributed by atoms with Gasteiger partial charge in [-0.1, -0.05) is 6.07 Å². The summed E-state index contributed by atoms with van der Waals surface area (Å²) in [5.74, 6) is 1.30. The van der Waals surface area contributed by atoms with Crippen LogP contribution in [0.5, 0.6) is 11.5 Å². The summed E-state index contributed by atoms with van der Waals surface area (Å²) in [5.41, 5.74) is 3.37. The third kappa shape index (κ3) is 3.39. The molecule has 0 aliphatic carbocycles. The van der Waals surface area contributed by atoms with Gasteiger partial charge in [0.2, 0.25) is 0 Å². The van der Waals surface area contributed by atoms with Gasteiger partial charge in [-0.2, -0.15) is 0 Å². The Labute approximate surface area is 149 Å². The Morgan fingerprint density at radius 2 is 1.92 bits per heavy atom. The first-order valence-electron chi connectivity index (χ1n) is 8.13. The SMILES string of the molecule is Cc1ccc2nc(C(=O)Nc3ccc(Oc4cccnc4)cc3)[nH]c2c1. The van der Waals surface area contributed by atoms with Crippen LogP contribution in [0.1, 0.15) is 16.2 Å². The molecule has 0 bridgehead atoms. The molecule has 26 heavy (non-hydrogen) atoms. The monoisotopic (exact) mass is 344 g/mol. The van der Waals surface area contributed by atoms with Crippen molar-refractivity contribution >= 4 is 22.6 Å². The zero-order chi connectivity index (χ0) is 17.9.